The van der Waals surface area contributed by atoms with Gasteiger partial charge >= 0.3 is 0 Å². The summed E-state index contributed by atoms with van der Waals surface area (Å²) in [5.41, 5.74) is 0. The lowest BCUT2D eigenvalue weighted by Gasteiger charge is -0.0786. The first kappa shape index (κ1) is 0. The van der Waals surface area contributed by atoms with Gasteiger partial charge in [-0.25, -0.2) is 0 Å². The predicted octanol–water partition coefficient (Wildman–Crippen LogP) is 21.6. The third-order valence-corrected chi connectivity index (χ3v) is 0. The summed E-state index contributed by atoms with van der Waals surface area (Å²) in [6.07, 6.45) is 0. The molecule has 0 aliphatic heterocycles. The molecule has 0 aromatic rings. The fourth-order valence-electron chi connectivity index (χ4n) is 0. The monoisotopic (exact) mass is 545 g/mol. The van der Waals surface area contributed by atoms with Gasteiger partial charge in [0.1, 0.15) is 0 Å². The van der Waals surface area contributed by atoms with Crippen molar-refractivity contribution in [3.05, 3.63) is 0 Å². The Hall–Kier alpha value is 0. The van der Waals surface area contributed by atoms with E-state index in [4.69, 9.17) is 0 Å². The van der Waals surface area contributed by atoms with Crippen molar-refractivity contribution >= 4 is 0 Å². The molecule has 0 bridgehead atoms. The van der Waals surface area contributed by atoms with Gasteiger partial charge in [-0.15, -0.1) is 0 Å². The first-order chi connectivity index (χ1) is 0. The van der Waals surface area contributed by atoms with Gasteiger partial charge in [-0.3, -0.25) is 0 Å². The lowest BCUT2D eigenvalue weighted by molar-refractivity contribution is 2.50. The highest BCUT2D eigenvalue weighted by Crippen LogP contribution is 0.177. The van der Waals surface area contributed by atoms with Crippen molar-refractivity contribution in [1.82, 2.24) is 0 Å². The Morgan fingerprint density at radius 2 is 0.0294 bits per heavy atom. The van der Waals surface area contributed by atoms with Crippen molar-refractivity contribution in [1.29, 1.82) is 0 Å². The van der Waals surface area contributed by atoms with Crippen molar-refractivity contribution in [3.63, 3.8) is 0 Å². The zero-order valence-corrected chi connectivity index (χ0v) is 0. The Bertz CT molecular complexity index is 0. The van der Waals surface area contributed by atoms with E-state index in [1.165, 1.54) is 0 Å². The smallest absolute Gasteiger partial charge is 0.0776 e. The molecule has 0 saturated carbocycles. The third-order valence-electron chi connectivity index (χ3n) is 0. The van der Waals surface area contributed by atoms with E-state index >= 15 is 0 Å². The third kappa shape index (κ3) is 0. The maximum atomic E-state index is 0. The van der Waals surface area contributed by atoms with Crippen LogP contribution in [0.15, 0.2) is 0 Å². The van der Waals surface area contributed by atoms with Gasteiger partial charge in [0, 0.05) is 0 Å². The summed E-state index contributed by atoms with van der Waals surface area (Å²) in [6, 6.07) is 0. The van der Waals surface area contributed by atoms with Gasteiger partial charge in [0.05, 0.1) is 0 Å². The minimum atomic E-state index is 0. The Morgan fingerprint density at radius 3 is 0.0294 bits per heavy atom. The van der Waals surface area contributed by atoms with E-state index in [2.05, 4.69) is 0 Å². The maximum absolute atomic E-state index is 0. The lowest BCUT2D eigenvalue weighted by atomic mass is 12.0. The Labute approximate surface area is 252 Å². The van der Waals surface area contributed by atoms with Gasteiger partial charge in [-0.1, -0.05) is 253 Å². The van der Waals surface area contributed by atoms with Crippen LogP contribution in [0.4, 0.5) is 0 Å². The molecule has 0 spiro atoms. The number of rotatable bonds is 0. The topological polar surface area (TPSA) is 0 Å². The van der Waals surface area contributed by atoms with Crippen LogP contribution >= 0.6 is 0 Å². The second-order valence-corrected chi connectivity index (χ2v) is 0. The van der Waals surface area contributed by atoms with Crippen molar-refractivity contribution in [2.45, 2.75) is 253 Å². The van der Waals surface area contributed by atoms with E-state index < -0.39 is 0 Å². The molecule has 0 amide bonds. The number of hydrogen-bond acceptors (Lipinski definition) is 0. The van der Waals surface area contributed by atoms with E-state index in [9.17, 15) is 0 Å². The van der Waals surface area contributed by atoms with Crippen molar-refractivity contribution in [2.24, 2.45) is 0 Å². The zero-order chi connectivity index (χ0) is 0. The molecule has 0 heteroatoms. The molecular formula is C34H136. The van der Waals surface area contributed by atoms with Crippen LogP contribution < -0.4 is 0 Å². The summed E-state index contributed by atoms with van der Waals surface area (Å²) in [5, 5.41) is 0. The summed E-state index contributed by atoms with van der Waals surface area (Å²) in [7, 11) is 0. The summed E-state index contributed by atoms with van der Waals surface area (Å²) >= 11 is 0. The molecule has 0 atom stereocenters. The summed E-state index contributed by atoms with van der Waals surface area (Å²) in [5.74, 6) is 0. The molecule has 0 unspecified atom stereocenters. The lowest BCUT2D eigenvalue weighted by Crippen LogP contribution is 0.143. The van der Waals surface area contributed by atoms with Gasteiger partial charge in [0.15, 0.2) is 0 Å². The van der Waals surface area contributed by atoms with Crippen molar-refractivity contribution in [3.8, 4) is 0 Å². The Kier molecular flexibility index (Phi) is 0. The highest BCUT2D eigenvalue weighted by molar-refractivity contribution is 2.54. The molecule has 0 nitrogen and oxygen atoms in total. The quantitative estimate of drug-likeness (QED) is 0.284. The molecule has 0 fully saturated rings. The maximum Gasteiger partial charge on any atom is -0.0776 e. The highest BCUT2D eigenvalue weighted by atomic mass is 12.0. The van der Waals surface area contributed by atoms with E-state index in [1.54, 1.807) is 0 Å². The van der Waals surface area contributed by atoms with Crippen LogP contribution in [-0.4, -0.2) is 0 Å². The molecule has 0 aromatic heterocycles. The average Bonchev–Trinajstić information content (AvgIpc) is 0. The van der Waals surface area contributed by atoms with E-state index in [1.807, 2.05) is 0 Å². The normalized spacial score (nSPS) is 0. The van der Waals surface area contributed by atoms with Gasteiger partial charge in [0.2, 0.25) is 0 Å². The van der Waals surface area contributed by atoms with Crippen LogP contribution in [0.3, 0.4) is 0 Å². The van der Waals surface area contributed by atoms with E-state index in [0.29, 0.717) is 0 Å². The largest absolute Gasteiger partial charge is 0.0776 e. The molecule has 0 aromatic carbocycles. The zero-order valence-electron chi connectivity index (χ0n) is 0. The first-order valence-corrected chi connectivity index (χ1v) is 0. The van der Waals surface area contributed by atoms with Crippen molar-refractivity contribution in [2.75, 3.05) is 0 Å². The summed E-state index contributed by atoms with van der Waals surface area (Å²) in [6.45, 7) is 0. The highest BCUT2D eigenvalue weighted by Gasteiger charge is -0.0446. The molecule has 0 N–H and O–H groups in total. The van der Waals surface area contributed by atoms with Crippen LogP contribution in [0, 0.1) is 0 Å². The van der Waals surface area contributed by atoms with Gasteiger partial charge in [-0.05, 0) is 0 Å². The molecule has 0 aliphatic carbocycles. The van der Waals surface area contributed by atoms with Crippen LogP contribution in [-0.2, 0) is 0 Å². The molecule has 0 aliphatic rings. The fraction of sp³-hybridized carbons (Fsp3) is 1.00. The Balaban J connectivity index is 0. The molecule has 0 rings (SSSR count). The van der Waals surface area contributed by atoms with Crippen LogP contribution in [0.2, 0.25) is 0 Å². The van der Waals surface area contributed by atoms with Crippen LogP contribution in [0.1, 0.15) is 253 Å². The van der Waals surface area contributed by atoms with Crippen LogP contribution in [0.25, 0.3) is 0 Å². The molecule has 34 heavy (non-hydrogen) atoms. The van der Waals surface area contributed by atoms with Crippen LogP contribution in [0.5, 0.6) is 0 Å². The van der Waals surface area contributed by atoms with Gasteiger partial charge in [0.25, 0.3) is 0 Å². The van der Waals surface area contributed by atoms with Gasteiger partial charge < -0.3 is 0 Å². The second kappa shape index (κ2) is 0. The molecule has 0 radical (unpaired) electrons. The molecule has 0 saturated heterocycles. The fourth-order valence-corrected chi connectivity index (χ4v) is 0. The SMILES string of the molecule is C.C.C.C.C.C.C.C.C.C.C.C.C.C.C.C.C.C.C.C.C.C.C.C.C.C.C.C.C.C.C.C.C.C. The molecule has 272 valence electrons. The molecule has 0 heterocycles. The summed E-state index contributed by atoms with van der Waals surface area (Å²) < 4.78 is 0. The average molecular weight is 545 g/mol. The Morgan fingerprint density at radius 1 is 0.0294 bits per heavy atom. The minimum Gasteiger partial charge on any atom is -0.0776 e. The van der Waals surface area contributed by atoms with Crippen molar-refractivity contribution < 1.29 is 0 Å². The summed E-state index contributed by atoms with van der Waals surface area (Å²) in [4.78, 5) is 0. The number of hydrogen-bond donors (Lipinski definition) is 0. The first-order valence-electron chi connectivity index (χ1n) is 0. The second-order valence-electron chi connectivity index (χ2n) is 0. The van der Waals surface area contributed by atoms with E-state index in [-0.39, 0.29) is 253 Å². The van der Waals surface area contributed by atoms with E-state index in [0.717, 1.165) is 0 Å². The standard InChI is InChI=1S/34CH4/h34*1H4. The van der Waals surface area contributed by atoms with Gasteiger partial charge in [-0.2, -0.15) is 0 Å². The minimum absolute atomic E-state index is 0. The molecular weight excluding hydrogens is 408 g/mol. The predicted molar refractivity (Wildman–Crippen MR) is 229 cm³/mol.